The average Bonchev–Trinajstić information content (AvgIpc) is 2.36. The highest BCUT2D eigenvalue weighted by Gasteiger charge is 2.29. The summed E-state index contributed by atoms with van der Waals surface area (Å²) < 4.78 is 5.06. The molecule has 1 saturated heterocycles. The van der Waals surface area contributed by atoms with Crippen molar-refractivity contribution in [3.63, 3.8) is 0 Å². The lowest BCUT2D eigenvalue weighted by Crippen LogP contribution is -2.46. The van der Waals surface area contributed by atoms with E-state index in [1.807, 2.05) is 6.92 Å². The number of rotatable bonds is 5. The number of ether oxygens (including phenoxy) is 1. The molecule has 1 heterocycles. The first-order chi connectivity index (χ1) is 8.19. The van der Waals surface area contributed by atoms with E-state index in [1.165, 1.54) is 0 Å². The van der Waals surface area contributed by atoms with Crippen LogP contribution in [0.15, 0.2) is 0 Å². The number of hydrogen-bond acceptors (Lipinski definition) is 4. The first-order valence-corrected chi connectivity index (χ1v) is 6.30. The normalized spacial score (nSPS) is 20.9. The highest BCUT2D eigenvalue weighted by atomic mass is 16.5. The highest BCUT2D eigenvalue weighted by molar-refractivity contribution is 5.77. The maximum atomic E-state index is 11.8. The minimum atomic E-state index is -0.159. The Morgan fingerprint density at radius 3 is 2.82 bits per heavy atom. The van der Waals surface area contributed by atoms with Gasteiger partial charge in [-0.15, -0.1) is 0 Å². The highest BCUT2D eigenvalue weighted by Crippen LogP contribution is 2.18. The van der Waals surface area contributed by atoms with E-state index < -0.39 is 0 Å². The molecular weight excluding hydrogens is 220 g/mol. The van der Waals surface area contributed by atoms with Gasteiger partial charge in [0.05, 0.1) is 6.61 Å². The standard InChI is InChI=1S/C12H22N2O3/c1-3-17-12(16)10-6-4-5-8-14(10)9-7-11(15)13-2/h10H,3-9H2,1-2H3,(H,13,15). The summed E-state index contributed by atoms with van der Waals surface area (Å²) in [5.74, 6) is -0.137. The number of likely N-dealkylation sites (tertiary alicyclic amines) is 1. The molecule has 1 rings (SSSR count). The second-order valence-electron chi connectivity index (χ2n) is 4.22. The van der Waals surface area contributed by atoms with E-state index >= 15 is 0 Å². The molecule has 5 nitrogen and oxygen atoms in total. The van der Waals surface area contributed by atoms with Crippen LogP contribution in [0.25, 0.3) is 0 Å². The minimum Gasteiger partial charge on any atom is -0.465 e. The van der Waals surface area contributed by atoms with Crippen molar-refractivity contribution >= 4 is 11.9 Å². The van der Waals surface area contributed by atoms with Gasteiger partial charge >= 0.3 is 5.97 Å². The average molecular weight is 242 g/mol. The van der Waals surface area contributed by atoms with E-state index in [9.17, 15) is 9.59 Å². The summed E-state index contributed by atoms with van der Waals surface area (Å²) >= 11 is 0. The van der Waals surface area contributed by atoms with Gasteiger partial charge in [-0.05, 0) is 26.3 Å². The summed E-state index contributed by atoms with van der Waals surface area (Å²) in [5.41, 5.74) is 0. The Bertz CT molecular complexity index is 268. The first-order valence-electron chi connectivity index (χ1n) is 6.30. The molecule has 0 aromatic heterocycles. The molecule has 1 atom stereocenters. The van der Waals surface area contributed by atoms with Crippen molar-refractivity contribution in [3.8, 4) is 0 Å². The Balaban J connectivity index is 2.47. The lowest BCUT2D eigenvalue weighted by atomic mass is 10.0. The first kappa shape index (κ1) is 14.0. The number of hydrogen-bond donors (Lipinski definition) is 1. The topological polar surface area (TPSA) is 58.6 Å². The number of carbonyl (C=O) groups is 2. The fraction of sp³-hybridized carbons (Fsp3) is 0.833. The Hall–Kier alpha value is -1.10. The van der Waals surface area contributed by atoms with E-state index in [1.54, 1.807) is 7.05 Å². The predicted octanol–water partition coefficient (Wildman–Crippen LogP) is 0.540. The largest absolute Gasteiger partial charge is 0.465 e. The summed E-state index contributed by atoms with van der Waals surface area (Å²) in [6, 6.07) is -0.159. The molecule has 1 amide bonds. The zero-order valence-electron chi connectivity index (χ0n) is 10.7. The van der Waals surface area contributed by atoms with Gasteiger partial charge in [-0.25, -0.2) is 0 Å². The molecule has 0 radical (unpaired) electrons. The Labute approximate surface area is 102 Å². The summed E-state index contributed by atoms with van der Waals surface area (Å²) in [5, 5.41) is 2.59. The maximum absolute atomic E-state index is 11.8. The van der Waals surface area contributed by atoms with Crippen LogP contribution >= 0.6 is 0 Å². The van der Waals surface area contributed by atoms with Crippen molar-refractivity contribution in [1.82, 2.24) is 10.2 Å². The van der Waals surface area contributed by atoms with E-state index in [0.717, 1.165) is 25.8 Å². The Morgan fingerprint density at radius 2 is 2.18 bits per heavy atom. The van der Waals surface area contributed by atoms with Gasteiger partial charge in [-0.2, -0.15) is 0 Å². The minimum absolute atomic E-state index is 0.0122. The van der Waals surface area contributed by atoms with E-state index in [-0.39, 0.29) is 17.9 Å². The van der Waals surface area contributed by atoms with Crippen molar-refractivity contribution in [2.45, 2.75) is 38.6 Å². The van der Waals surface area contributed by atoms with Crippen LogP contribution in [0.5, 0.6) is 0 Å². The van der Waals surface area contributed by atoms with Gasteiger partial charge < -0.3 is 10.1 Å². The van der Waals surface area contributed by atoms with Gasteiger partial charge in [-0.1, -0.05) is 6.42 Å². The molecule has 1 aliphatic rings. The summed E-state index contributed by atoms with van der Waals surface area (Å²) in [6.45, 7) is 3.73. The Kier molecular flexibility index (Phi) is 5.97. The van der Waals surface area contributed by atoms with Crippen LogP contribution in [-0.2, 0) is 14.3 Å². The predicted molar refractivity (Wildman–Crippen MR) is 64.5 cm³/mol. The molecule has 5 heteroatoms. The second-order valence-corrected chi connectivity index (χ2v) is 4.22. The molecule has 0 spiro atoms. The van der Waals surface area contributed by atoms with Crippen LogP contribution in [0.3, 0.4) is 0 Å². The van der Waals surface area contributed by atoms with Gasteiger partial charge in [0.25, 0.3) is 0 Å². The van der Waals surface area contributed by atoms with Crippen molar-refractivity contribution in [2.24, 2.45) is 0 Å². The quantitative estimate of drug-likeness (QED) is 0.715. The van der Waals surface area contributed by atoms with Gasteiger partial charge in [0, 0.05) is 20.0 Å². The molecule has 0 saturated carbocycles. The molecule has 0 aromatic rings. The number of nitrogens with one attached hydrogen (secondary N) is 1. The third-order valence-electron chi connectivity index (χ3n) is 3.08. The summed E-state index contributed by atoms with van der Waals surface area (Å²) in [4.78, 5) is 25.0. The van der Waals surface area contributed by atoms with E-state index in [0.29, 0.717) is 19.6 Å². The van der Waals surface area contributed by atoms with Crippen LogP contribution in [0.4, 0.5) is 0 Å². The molecular formula is C12H22N2O3. The molecule has 17 heavy (non-hydrogen) atoms. The van der Waals surface area contributed by atoms with Crippen LogP contribution in [0.2, 0.25) is 0 Å². The molecule has 98 valence electrons. The molecule has 1 fully saturated rings. The molecule has 0 bridgehead atoms. The maximum Gasteiger partial charge on any atom is 0.323 e. The number of amides is 1. The molecule has 1 aliphatic heterocycles. The van der Waals surface area contributed by atoms with Crippen molar-refractivity contribution < 1.29 is 14.3 Å². The van der Waals surface area contributed by atoms with Gasteiger partial charge in [0.15, 0.2) is 0 Å². The monoisotopic (exact) mass is 242 g/mol. The molecule has 1 unspecified atom stereocenters. The molecule has 0 aliphatic carbocycles. The van der Waals surface area contributed by atoms with E-state index in [4.69, 9.17) is 4.74 Å². The SMILES string of the molecule is CCOC(=O)C1CCCCN1CCC(=O)NC. The van der Waals surface area contributed by atoms with Gasteiger partial charge in [0.2, 0.25) is 5.91 Å². The van der Waals surface area contributed by atoms with Crippen molar-refractivity contribution in [1.29, 1.82) is 0 Å². The lowest BCUT2D eigenvalue weighted by molar-refractivity contribution is -0.151. The van der Waals surface area contributed by atoms with Crippen LogP contribution in [0, 0.1) is 0 Å². The van der Waals surface area contributed by atoms with Gasteiger partial charge in [-0.3, -0.25) is 14.5 Å². The zero-order valence-corrected chi connectivity index (χ0v) is 10.7. The number of carbonyl (C=O) groups excluding carboxylic acids is 2. The fourth-order valence-corrected chi connectivity index (χ4v) is 2.13. The molecule has 1 N–H and O–H groups in total. The Morgan fingerprint density at radius 1 is 1.41 bits per heavy atom. The zero-order chi connectivity index (χ0) is 12.7. The summed E-state index contributed by atoms with van der Waals surface area (Å²) in [6.07, 6.45) is 3.42. The fourth-order valence-electron chi connectivity index (χ4n) is 2.13. The number of piperidine rings is 1. The van der Waals surface area contributed by atoms with Crippen LogP contribution in [-0.4, -0.2) is 49.6 Å². The molecule has 0 aromatic carbocycles. The third kappa shape index (κ3) is 4.34. The number of nitrogens with zero attached hydrogens (tertiary/aromatic N) is 1. The van der Waals surface area contributed by atoms with Crippen molar-refractivity contribution in [3.05, 3.63) is 0 Å². The smallest absolute Gasteiger partial charge is 0.323 e. The summed E-state index contributed by atoms with van der Waals surface area (Å²) in [7, 11) is 1.63. The number of esters is 1. The van der Waals surface area contributed by atoms with E-state index in [2.05, 4.69) is 10.2 Å². The van der Waals surface area contributed by atoms with Crippen molar-refractivity contribution in [2.75, 3.05) is 26.7 Å². The van der Waals surface area contributed by atoms with Gasteiger partial charge in [0.1, 0.15) is 6.04 Å². The van der Waals surface area contributed by atoms with Crippen LogP contribution in [0.1, 0.15) is 32.6 Å². The second kappa shape index (κ2) is 7.27. The lowest BCUT2D eigenvalue weighted by Gasteiger charge is -2.33. The van der Waals surface area contributed by atoms with Crippen LogP contribution < -0.4 is 5.32 Å². The third-order valence-corrected chi connectivity index (χ3v) is 3.08.